The van der Waals surface area contributed by atoms with Crippen LogP contribution in [0.5, 0.6) is 0 Å². The molecule has 2 N–H and O–H groups in total. The number of ether oxygens (including phenoxy) is 1. The molecule has 1 saturated heterocycles. The SMILES string of the molecule is C[C@@H]1CCCC[C@@H]1CNC(=O)c1cn[nH]c1[C@@H]1CCOC1. The van der Waals surface area contributed by atoms with E-state index in [1.54, 1.807) is 6.20 Å². The quantitative estimate of drug-likeness (QED) is 0.895. The summed E-state index contributed by atoms with van der Waals surface area (Å²) in [5.41, 5.74) is 1.62. The maximum Gasteiger partial charge on any atom is 0.254 e. The number of hydrogen-bond acceptors (Lipinski definition) is 3. The minimum Gasteiger partial charge on any atom is -0.381 e. The number of aromatic nitrogens is 2. The van der Waals surface area contributed by atoms with Crippen molar-refractivity contribution in [3.05, 3.63) is 17.5 Å². The van der Waals surface area contributed by atoms with Gasteiger partial charge in [-0.3, -0.25) is 9.89 Å². The van der Waals surface area contributed by atoms with Crippen molar-refractivity contribution in [2.45, 2.75) is 44.9 Å². The second-order valence-corrected chi connectivity index (χ2v) is 6.49. The van der Waals surface area contributed by atoms with Gasteiger partial charge in [0.05, 0.1) is 24.1 Å². The summed E-state index contributed by atoms with van der Waals surface area (Å²) in [6.07, 6.45) is 7.75. The third kappa shape index (κ3) is 3.28. The van der Waals surface area contributed by atoms with Gasteiger partial charge >= 0.3 is 0 Å². The zero-order chi connectivity index (χ0) is 14.7. The second-order valence-electron chi connectivity index (χ2n) is 6.49. The number of nitrogens with one attached hydrogen (secondary N) is 2. The summed E-state index contributed by atoms with van der Waals surface area (Å²) in [6.45, 7) is 4.54. The Bertz CT molecular complexity index is 480. The summed E-state index contributed by atoms with van der Waals surface area (Å²) in [4.78, 5) is 12.4. The third-order valence-electron chi connectivity index (χ3n) is 5.07. The number of hydrogen-bond donors (Lipinski definition) is 2. The summed E-state index contributed by atoms with van der Waals surface area (Å²) in [5.74, 6) is 1.62. The van der Waals surface area contributed by atoms with Crippen molar-refractivity contribution in [2.75, 3.05) is 19.8 Å². The smallest absolute Gasteiger partial charge is 0.254 e. The summed E-state index contributed by atoms with van der Waals surface area (Å²) in [5, 5.41) is 10.1. The van der Waals surface area contributed by atoms with E-state index in [2.05, 4.69) is 22.4 Å². The van der Waals surface area contributed by atoms with E-state index < -0.39 is 0 Å². The van der Waals surface area contributed by atoms with E-state index in [0.717, 1.165) is 25.3 Å². The Hall–Kier alpha value is -1.36. The molecule has 2 aliphatic rings. The molecule has 2 heterocycles. The third-order valence-corrected chi connectivity index (χ3v) is 5.07. The van der Waals surface area contributed by atoms with Gasteiger partial charge in [-0.2, -0.15) is 5.10 Å². The van der Waals surface area contributed by atoms with Gasteiger partial charge in [-0.15, -0.1) is 0 Å². The van der Waals surface area contributed by atoms with Gasteiger partial charge < -0.3 is 10.1 Å². The Morgan fingerprint density at radius 3 is 3.05 bits per heavy atom. The number of carbonyl (C=O) groups is 1. The van der Waals surface area contributed by atoms with Gasteiger partial charge in [0.25, 0.3) is 5.91 Å². The van der Waals surface area contributed by atoms with Gasteiger partial charge in [-0.05, 0) is 24.7 Å². The molecule has 1 aliphatic carbocycles. The number of H-pyrrole nitrogens is 1. The molecule has 3 atom stereocenters. The van der Waals surface area contributed by atoms with E-state index in [0.29, 0.717) is 24.0 Å². The molecule has 0 aromatic carbocycles. The lowest BCUT2D eigenvalue weighted by molar-refractivity contribution is 0.0935. The first-order chi connectivity index (χ1) is 10.3. The topological polar surface area (TPSA) is 67.0 Å². The van der Waals surface area contributed by atoms with Gasteiger partial charge in [0, 0.05) is 19.1 Å². The summed E-state index contributed by atoms with van der Waals surface area (Å²) in [7, 11) is 0. The highest BCUT2D eigenvalue weighted by atomic mass is 16.5. The van der Waals surface area contributed by atoms with Crippen LogP contribution < -0.4 is 5.32 Å². The van der Waals surface area contributed by atoms with Crippen molar-refractivity contribution in [1.29, 1.82) is 0 Å². The average molecular weight is 291 g/mol. The first-order valence-corrected chi connectivity index (χ1v) is 8.15. The molecule has 21 heavy (non-hydrogen) atoms. The summed E-state index contributed by atoms with van der Waals surface area (Å²) >= 11 is 0. The van der Waals surface area contributed by atoms with E-state index in [9.17, 15) is 4.79 Å². The molecule has 0 spiro atoms. The average Bonchev–Trinajstić information content (AvgIpc) is 3.16. The molecule has 116 valence electrons. The molecule has 1 aliphatic heterocycles. The predicted octanol–water partition coefficient (Wildman–Crippen LogP) is 2.47. The van der Waals surface area contributed by atoms with Crippen LogP contribution in [0, 0.1) is 11.8 Å². The van der Waals surface area contributed by atoms with E-state index >= 15 is 0 Å². The zero-order valence-electron chi connectivity index (χ0n) is 12.7. The summed E-state index contributed by atoms with van der Waals surface area (Å²) in [6, 6.07) is 0. The van der Waals surface area contributed by atoms with Crippen LogP contribution in [0.4, 0.5) is 0 Å². The van der Waals surface area contributed by atoms with Crippen LogP contribution in [0.15, 0.2) is 6.20 Å². The lowest BCUT2D eigenvalue weighted by atomic mass is 9.80. The first-order valence-electron chi connectivity index (χ1n) is 8.15. The Morgan fingerprint density at radius 2 is 2.29 bits per heavy atom. The molecule has 1 aromatic rings. The van der Waals surface area contributed by atoms with Crippen LogP contribution in [-0.4, -0.2) is 35.9 Å². The van der Waals surface area contributed by atoms with Gasteiger partial charge in [0.2, 0.25) is 0 Å². The van der Waals surface area contributed by atoms with Crippen LogP contribution in [0.25, 0.3) is 0 Å². The van der Waals surface area contributed by atoms with E-state index in [4.69, 9.17) is 4.74 Å². The molecule has 0 unspecified atom stereocenters. The fraction of sp³-hybridized carbons (Fsp3) is 0.750. The highest BCUT2D eigenvalue weighted by molar-refractivity contribution is 5.95. The molecule has 5 heteroatoms. The zero-order valence-corrected chi connectivity index (χ0v) is 12.7. The molecule has 2 fully saturated rings. The van der Waals surface area contributed by atoms with Crippen molar-refractivity contribution >= 4 is 5.91 Å². The standard InChI is InChI=1S/C16H25N3O2/c1-11-4-2-3-5-12(11)8-17-16(20)14-9-18-19-15(14)13-6-7-21-10-13/h9,11-13H,2-8,10H2,1H3,(H,17,20)(H,18,19)/t11-,12-,13-/m1/s1. The van der Waals surface area contributed by atoms with Crippen LogP contribution in [0.3, 0.4) is 0 Å². The fourth-order valence-corrected chi connectivity index (χ4v) is 3.57. The molecular formula is C16H25N3O2. The van der Waals surface area contributed by atoms with E-state index in [-0.39, 0.29) is 11.8 Å². The van der Waals surface area contributed by atoms with Crippen molar-refractivity contribution in [3.8, 4) is 0 Å². The van der Waals surface area contributed by atoms with Crippen LogP contribution >= 0.6 is 0 Å². The molecule has 5 nitrogen and oxygen atoms in total. The van der Waals surface area contributed by atoms with E-state index in [1.807, 2.05) is 0 Å². The maximum absolute atomic E-state index is 12.4. The lowest BCUT2D eigenvalue weighted by Gasteiger charge is -2.28. The highest BCUT2D eigenvalue weighted by Crippen LogP contribution is 2.29. The van der Waals surface area contributed by atoms with E-state index in [1.165, 1.54) is 25.7 Å². The molecule has 1 aromatic heterocycles. The van der Waals surface area contributed by atoms with Crippen molar-refractivity contribution in [3.63, 3.8) is 0 Å². The Morgan fingerprint density at radius 1 is 1.43 bits per heavy atom. The Kier molecular flexibility index (Phi) is 4.58. The van der Waals surface area contributed by atoms with Gasteiger partial charge in [-0.1, -0.05) is 26.2 Å². The number of nitrogens with zero attached hydrogens (tertiary/aromatic N) is 1. The Labute approximate surface area is 125 Å². The largest absolute Gasteiger partial charge is 0.381 e. The van der Waals surface area contributed by atoms with Crippen molar-refractivity contribution in [2.24, 2.45) is 11.8 Å². The second kappa shape index (κ2) is 6.60. The van der Waals surface area contributed by atoms with Gasteiger partial charge in [0.1, 0.15) is 0 Å². The highest BCUT2D eigenvalue weighted by Gasteiger charge is 2.26. The number of aromatic amines is 1. The predicted molar refractivity (Wildman–Crippen MR) is 80.2 cm³/mol. The van der Waals surface area contributed by atoms with Crippen LogP contribution in [0.2, 0.25) is 0 Å². The Balaban J connectivity index is 1.59. The van der Waals surface area contributed by atoms with Crippen LogP contribution in [-0.2, 0) is 4.74 Å². The molecule has 0 radical (unpaired) electrons. The summed E-state index contributed by atoms with van der Waals surface area (Å²) < 4.78 is 5.41. The number of carbonyl (C=O) groups excluding carboxylic acids is 1. The fourth-order valence-electron chi connectivity index (χ4n) is 3.57. The normalized spacial score (nSPS) is 29.5. The van der Waals surface area contributed by atoms with Crippen molar-refractivity contribution < 1.29 is 9.53 Å². The van der Waals surface area contributed by atoms with Gasteiger partial charge in [-0.25, -0.2) is 0 Å². The monoisotopic (exact) mass is 291 g/mol. The van der Waals surface area contributed by atoms with Crippen molar-refractivity contribution in [1.82, 2.24) is 15.5 Å². The minimum atomic E-state index is 0.00317. The maximum atomic E-state index is 12.4. The number of amides is 1. The van der Waals surface area contributed by atoms with Crippen LogP contribution in [0.1, 0.15) is 61.0 Å². The molecule has 1 saturated carbocycles. The van der Waals surface area contributed by atoms with Gasteiger partial charge in [0.15, 0.2) is 0 Å². The minimum absolute atomic E-state index is 0.00317. The lowest BCUT2D eigenvalue weighted by Crippen LogP contribution is -2.33. The first kappa shape index (κ1) is 14.6. The molecule has 0 bridgehead atoms. The molecular weight excluding hydrogens is 266 g/mol. The molecule has 1 amide bonds. The number of rotatable bonds is 4. The molecule has 3 rings (SSSR count).